The van der Waals surface area contributed by atoms with Crippen LogP contribution < -0.4 is 15.5 Å². The van der Waals surface area contributed by atoms with E-state index in [0.717, 1.165) is 29.2 Å². The predicted molar refractivity (Wildman–Crippen MR) is 116 cm³/mol. The fraction of sp³-hybridized carbons (Fsp3) is 0.765. The van der Waals surface area contributed by atoms with Crippen molar-refractivity contribution in [2.75, 3.05) is 25.5 Å². The maximum absolute atomic E-state index is 4.71. The Bertz CT molecular complexity index is 495. The summed E-state index contributed by atoms with van der Waals surface area (Å²) in [5, 5.41) is 10.1. The molecule has 24 heavy (non-hydrogen) atoms. The van der Waals surface area contributed by atoms with E-state index >= 15 is 0 Å². The molecule has 2 rings (SSSR count). The SMILES string of the molecule is CCNC(=NCc1csc(N(C)C)n1)NC1CCC(CC)CC1.I. The molecule has 0 amide bonds. The molecular formula is C17H32IN5S. The topological polar surface area (TPSA) is 52.6 Å². The van der Waals surface area contributed by atoms with Gasteiger partial charge in [-0.15, -0.1) is 35.3 Å². The fourth-order valence-corrected chi connectivity index (χ4v) is 3.71. The lowest BCUT2D eigenvalue weighted by Gasteiger charge is -2.29. The first kappa shape index (κ1) is 21.5. The third kappa shape index (κ3) is 6.74. The van der Waals surface area contributed by atoms with Gasteiger partial charge >= 0.3 is 0 Å². The van der Waals surface area contributed by atoms with Crippen molar-refractivity contribution in [1.82, 2.24) is 15.6 Å². The van der Waals surface area contributed by atoms with Crippen molar-refractivity contribution >= 4 is 46.4 Å². The van der Waals surface area contributed by atoms with E-state index in [0.29, 0.717) is 12.6 Å². The van der Waals surface area contributed by atoms with Gasteiger partial charge in [-0.3, -0.25) is 0 Å². The summed E-state index contributed by atoms with van der Waals surface area (Å²) < 4.78 is 0. The van der Waals surface area contributed by atoms with Crippen molar-refractivity contribution in [3.63, 3.8) is 0 Å². The van der Waals surface area contributed by atoms with Gasteiger partial charge in [0.05, 0.1) is 12.2 Å². The van der Waals surface area contributed by atoms with Gasteiger partial charge in [0.25, 0.3) is 0 Å². The zero-order chi connectivity index (χ0) is 16.7. The molecule has 0 saturated heterocycles. The predicted octanol–water partition coefficient (Wildman–Crippen LogP) is 3.85. The molecule has 0 unspecified atom stereocenters. The smallest absolute Gasteiger partial charge is 0.191 e. The number of thiazole rings is 1. The van der Waals surface area contributed by atoms with Gasteiger partial charge in [0, 0.05) is 32.1 Å². The minimum absolute atomic E-state index is 0. The Morgan fingerprint density at radius 3 is 2.54 bits per heavy atom. The van der Waals surface area contributed by atoms with E-state index in [1.807, 2.05) is 19.0 Å². The molecule has 138 valence electrons. The first-order valence-electron chi connectivity index (χ1n) is 8.78. The quantitative estimate of drug-likeness (QED) is 0.381. The van der Waals surface area contributed by atoms with Crippen molar-refractivity contribution in [1.29, 1.82) is 0 Å². The highest BCUT2D eigenvalue weighted by molar-refractivity contribution is 14.0. The van der Waals surface area contributed by atoms with Crippen LogP contribution in [0.5, 0.6) is 0 Å². The summed E-state index contributed by atoms with van der Waals surface area (Å²) in [6.07, 6.45) is 6.51. The highest BCUT2D eigenvalue weighted by atomic mass is 127. The number of nitrogens with zero attached hydrogens (tertiary/aromatic N) is 3. The molecule has 1 aromatic rings. The van der Waals surface area contributed by atoms with E-state index in [1.54, 1.807) is 11.3 Å². The van der Waals surface area contributed by atoms with Crippen molar-refractivity contribution in [3.05, 3.63) is 11.1 Å². The Hall–Kier alpha value is -0.570. The molecule has 1 aliphatic rings. The molecule has 0 bridgehead atoms. The molecule has 5 nitrogen and oxygen atoms in total. The number of nitrogens with one attached hydrogen (secondary N) is 2. The molecule has 0 spiro atoms. The van der Waals surface area contributed by atoms with Gasteiger partial charge in [0.2, 0.25) is 0 Å². The van der Waals surface area contributed by atoms with Gasteiger partial charge in [-0.05, 0) is 38.5 Å². The van der Waals surface area contributed by atoms with Crippen LogP contribution in [0.2, 0.25) is 0 Å². The third-order valence-electron chi connectivity index (χ3n) is 4.43. The van der Waals surface area contributed by atoms with Crippen LogP contribution in [-0.2, 0) is 6.54 Å². The first-order valence-corrected chi connectivity index (χ1v) is 9.66. The molecule has 0 atom stereocenters. The summed E-state index contributed by atoms with van der Waals surface area (Å²) in [6, 6.07) is 0.559. The zero-order valence-electron chi connectivity index (χ0n) is 15.3. The van der Waals surface area contributed by atoms with Gasteiger partial charge in [-0.2, -0.15) is 0 Å². The van der Waals surface area contributed by atoms with Crippen molar-refractivity contribution in [3.8, 4) is 0 Å². The van der Waals surface area contributed by atoms with E-state index < -0.39 is 0 Å². The molecule has 1 fully saturated rings. The van der Waals surface area contributed by atoms with Crippen molar-refractivity contribution < 1.29 is 0 Å². The Morgan fingerprint density at radius 1 is 1.29 bits per heavy atom. The summed E-state index contributed by atoms with van der Waals surface area (Å²) in [7, 11) is 4.04. The van der Waals surface area contributed by atoms with Gasteiger partial charge in [-0.1, -0.05) is 13.3 Å². The molecule has 1 heterocycles. The van der Waals surface area contributed by atoms with Crippen LogP contribution in [-0.4, -0.2) is 37.6 Å². The monoisotopic (exact) mass is 465 g/mol. The maximum atomic E-state index is 4.71. The van der Waals surface area contributed by atoms with Crippen LogP contribution in [0.3, 0.4) is 0 Å². The third-order valence-corrected chi connectivity index (χ3v) is 5.49. The van der Waals surface area contributed by atoms with Crippen LogP contribution >= 0.6 is 35.3 Å². The molecule has 1 aromatic heterocycles. The van der Waals surface area contributed by atoms with Crippen molar-refractivity contribution in [2.45, 2.75) is 58.5 Å². The Kier molecular flexibility index (Phi) is 9.95. The van der Waals surface area contributed by atoms with Gasteiger partial charge in [0.15, 0.2) is 11.1 Å². The van der Waals surface area contributed by atoms with Gasteiger partial charge < -0.3 is 15.5 Å². The summed E-state index contributed by atoms with van der Waals surface area (Å²) >= 11 is 1.67. The summed E-state index contributed by atoms with van der Waals surface area (Å²) in [4.78, 5) is 11.3. The van der Waals surface area contributed by atoms with E-state index in [9.17, 15) is 0 Å². The van der Waals surface area contributed by atoms with E-state index in [1.165, 1.54) is 32.1 Å². The number of hydrogen-bond acceptors (Lipinski definition) is 4. The minimum atomic E-state index is 0. The number of anilines is 1. The molecule has 7 heteroatoms. The van der Waals surface area contributed by atoms with E-state index in [2.05, 4.69) is 34.8 Å². The lowest BCUT2D eigenvalue weighted by molar-refractivity contribution is 0.304. The number of aromatic nitrogens is 1. The standard InChI is InChI=1S/C17H31N5S.HI/c1-5-13-7-9-14(10-8-13)20-16(18-6-2)19-11-15-12-23-17(21-15)22(3)4;/h12-14H,5-11H2,1-4H3,(H2,18,19,20);1H. The summed E-state index contributed by atoms with van der Waals surface area (Å²) in [5.74, 6) is 1.85. The molecule has 1 saturated carbocycles. The first-order chi connectivity index (χ1) is 11.1. The van der Waals surface area contributed by atoms with Crippen LogP contribution in [0, 0.1) is 5.92 Å². The number of guanidine groups is 1. The molecular weight excluding hydrogens is 433 g/mol. The second kappa shape index (κ2) is 11.1. The minimum Gasteiger partial charge on any atom is -0.357 e. The van der Waals surface area contributed by atoms with E-state index in [-0.39, 0.29) is 24.0 Å². The number of aliphatic imine (C=N–C) groups is 1. The number of hydrogen-bond donors (Lipinski definition) is 2. The molecule has 2 N–H and O–H groups in total. The van der Waals surface area contributed by atoms with Crippen LogP contribution in [0.1, 0.15) is 51.6 Å². The molecule has 0 radical (unpaired) electrons. The highest BCUT2D eigenvalue weighted by Crippen LogP contribution is 2.26. The lowest BCUT2D eigenvalue weighted by atomic mass is 9.84. The number of halogens is 1. The molecule has 0 aromatic carbocycles. The average Bonchev–Trinajstić information content (AvgIpc) is 3.03. The average molecular weight is 465 g/mol. The van der Waals surface area contributed by atoms with Crippen molar-refractivity contribution in [2.24, 2.45) is 10.9 Å². The van der Waals surface area contributed by atoms with Crippen LogP contribution in [0.15, 0.2) is 10.4 Å². The van der Waals surface area contributed by atoms with E-state index in [4.69, 9.17) is 4.99 Å². The van der Waals surface area contributed by atoms with Crippen LogP contribution in [0.25, 0.3) is 0 Å². The molecule has 0 aliphatic heterocycles. The van der Waals surface area contributed by atoms with Gasteiger partial charge in [-0.25, -0.2) is 9.98 Å². The zero-order valence-corrected chi connectivity index (χ0v) is 18.5. The van der Waals surface area contributed by atoms with Gasteiger partial charge in [0.1, 0.15) is 0 Å². The maximum Gasteiger partial charge on any atom is 0.191 e. The summed E-state index contributed by atoms with van der Waals surface area (Å²) in [5.41, 5.74) is 1.03. The lowest BCUT2D eigenvalue weighted by Crippen LogP contribution is -2.44. The van der Waals surface area contributed by atoms with Crippen LogP contribution in [0.4, 0.5) is 5.13 Å². The second-order valence-electron chi connectivity index (χ2n) is 6.48. The Balaban J connectivity index is 0.00000288. The highest BCUT2D eigenvalue weighted by Gasteiger charge is 2.20. The number of rotatable bonds is 6. The summed E-state index contributed by atoms with van der Waals surface area (Å²) in [6.45, 7) is 5.93. The largest absolute Gasteiger partial charge is 0.357 e. The Labute approximate surface area is 167 Å². The fourth-order valence-electron chi connectivity index (χ4n) is 2.96. The molecule has 1 aliphatic carbocycles. The Morgan fingerprint density at radius 2 is 2.00 bits per heavy atom. The second-order valence-corrected chi connectivity index (χ2v) is 7.32. The normalized spacial score (nSPS) is 21.1.